The van der Waals surface area contributed by atoms with Crippen LogP contribution in [0, 0.1) is 0 Å². The Balaban J connectivity index is 1.74. The number of ether oxygens (including phenoxy) is 1. The molecule has 1 aliphatic heterocycles. The number of esters is 1. The van der Waals surface area contributed by atoms with E-state index in [1.165, 1.54) is 43.2 Å². The van der Waals surface area contributed by atoms with Crippen LogP contribution in [-0.2, 0) is 9.53 Å². The molecule has 1 saturated heterocycles. The van der Waals surface area contributed by atoms with Crippen LogP contribution in [0.1, 0.15) is 62.0 Å². The summed E-state index contributed by atoms with van der Waals surface area (Å²) in [5.41, 5.74) is 2.62. The zero-order chi connectivity index (χ0) is 15.4. The first-order valence-electron chi connectivity index (χ1n) is 8.37. The number of cyclic esters (lactones) is 1. The molecular weight excluding hydrogens is 276 g/mol. The second-order valence-corrected chi connectivity index (χ2v) is 6.44. The van der Waals surface area contributed by atoms with Crippen LogP contribution < -0.4 is 0 Å². The van der Waals surface area contributed by atoms with E-state index in [-0.39, 0.29) is 18.5 Å². The van der Waals surface area contributed by atoms with Crippen molar-refractivity contribution >= 4 is 12.0 Å². The SMILES string of the molecule is O=C1CC(O)CC(/C=C/c2ccccc2C2CCCCC2)O1. The van der Waals surface area contributed by atoms with Crippen molar-refractivity contribution in [3.05, 3.63) is 41.5 Å². The molecule has 1 saturated carbocycles. The van der Waals surface area contributed by atoms with Crippen molar-refractivity contribution < 1.29 is 14.6 Å². The molecule has 1 aromatic carbocycles. The lowest BCUT2D eigenvalue weighted by molar-refractivity contribution is -0.156. The van der Waals surface area contributed by atoms with Gasteiger partial charge in [0.2, 0.25) is 0 Å². The number of aliphatic hydroxyl groups is 1. The van der Waals surface area contributed by atoms with Gasteiger partial charge in [0.25, 0.3) is 0 Å². The Morgan fingerprint density at radius 1 is 1.14 bits per heavy atom. The molecule has 0 aromatic heterocycles. The maximum Gasteiger partial charge on any atom is 0.309 e. The van der Waals surface area contributed by atoms with Gasteiger partial charge in [0.15, 0.2) is 0 Å². The number of benzene rings is 1. The highest BCUT2D eigenvalue weighted by molar-refractivity contribution is 5.71. The standard InChI is InChI=1S/C19H24O3/c20-16-12-17(22-19(21)13-16)11-10-15-8-4-5-9-18(15)14-6-2-1-3-7-14/h4-5,8-11,14,16-17,20H,1-3,6-7,12-13H2/b11-10+. The molecule has 1 aliphatic carbocycles. The highest BCUT2D eigenvalue weighted by Crippen LogP contribution is 2.34. The van der Waals surface area contributed by atoms with Crippen molar-refractivity contribution in [1.29, 1.82) is 0 Å². The quantitative estimate of drug-likeness (QED) is 0.863. The first-order valence-corrected chi connectivity index (χ1v) is 8.37. The Hall–Kier alpha value is -1.61. The maximum absolute atomic E-state index is 11.4. The largest absolute Gasteiger partial charge is 0.458 e. The highest BCUT2D eigenvalue weighted by Gasteiger charge is 2.25. The summed E-state index contributed by atoms with van der Waals surface area (Å²) in [6.07, 6.45) is 10.2. The zero-order valence-electron chi connectivity index (χ0n) is 12.9. The molecule has 1 aromatic rings. The maximum atomic E-state index is 11.4. The van der Waals surface area contributed by atoms with E-state index in [2.05, 4.69) is 24.3 Å². The number of hydrogen-bond donors (Lipinski definition) is 1. The van der Waals surface area contributed by atoms with Crippen molar-refractivity contribution in [3.63, 3.8) is 0 Å². The van der Waals surface area contributed by atoms with Gasteiger partial charge in [-0.15, -0.1) is 0 Å². The summed E-state index contributed by atoms with van der Waals surface area (Å²) in [4.78, 5) is 11.4. The van der Waals surface area contributed by atoms with Crippen molar-refractivity contribution in [2.45, 2.75) is 63.1 Å². The van der Waals surface area contributed by atoms with E-state index >= 15 is 0 Å². The normalized spacial score (nSPS) is 27.0. The average molecular weight is 300 g/mol. The van der Waals surface area contributed by atoms with Crippen LogP contribution in [0.5, 0.6) is 0 Å². The van der Waals surface area contributed by atoms with Crippen LogP contribution in [0.15, 0.2) is 30.3 Å². The second kappa shape index (κ2) is 7.10. The molecule has 1 N–H and O–H groups in total. The van der Waals surface area contributed by atoms with Crippen LogP contribution in [0.4, 0.5) is 0 Å². The fraction of sp³-hybridized carbons (Fsp3) is 0.526. The first-order chi connectivity index (χ1) is 10.7. The minimum Gasteiger partial charge on any atom is -0.458 e. The van der Waals surface area contributed by atoms with E-state index in [1.54, 1.807) is 0 Å². The molecular formula is C19H24O3. The van der Waals surface area contributed by atoms with Gasteiger partial charge in [0, 0.05) is 6.42 Å². The van der Waals surface area contributed by atoms with Gasteiger partial charge in [-0.05, 0) is 36.0 Å². The molecule has 2 unspecified atom stereocenters. The zero-order valence-corrected chi connectivity index (χ0v) is 12.9. The topological polar surface area (TPSA) is 46.5 Å². The van der Waals surface area contributed by atoms with Gasteiger partial charge in [0.05, 0.1) is 12.5 Å². The third-order valence-corrected chi connectivity index (χ3v) is 4.72. The van der Waals surface area contributed by atoms with Crippen LogP contribution in [0.2, 0.25) is 0 Å². The summed E-state index contributed by atoms with van der Waals surface area (Å²) in [6, 6.07) is 8.50. The molecule has 0 amide bonds. The van der Waals surface area contributed by atoms with Crippen molar-refractivity contribution in [1.82, 2.24) is 0 Å². The third-order valence-electron chi connectivity index (χ3n) is 4.72. The van der Waals surface area contributed by atoms with Crippen LogP contribution >= 0.6 is 0 Å². The third kappa shape index (κ3) is 3.77. The number of aliphatic hydroxyl groups excluding tert-OH is 1. The Labute approximate surface area is 132 Å². The number of hydrogen-bond acceptors (Lipinski definition) is 3. The Kier molecular flexibility index (Phi) is 4.94. The van der Waals surface area contributed by atoms with Gasteiger partial charge in [-0.2, -0.15) is 0 Å². The lowest BCUT2D eigenvalue weighted by atomic mass is 9.82. The van der Waals surface area contributed by atoms with Crippen LogP contribution in [0.25, 0.3) is 6.08 Å². The van der Waals surface area contributed by atoms with E-state index < -0.39 is 6.10 Å². The van der Waals surface area contributed by atoms with Crippen molar-refractivity contribution in [3.8, 4) is 0 Å². The van der Waals surface area contributed by atoms with Gasteiger partial charge in [-0.25, -0.2) is 0 Å². The minimum absolute atomic E-state index is 0.114. The molecule has 2 atom stereocenters. The summed E-state index contributed by atoms with van der Waals surface area (Å²) in [6.45, 7) is 0. The van der Waals surface area contributed by atoms with Crippen molar-refractivity contribution in [2.24, 2.45) is 0 Å². The van der Waals surface area contributed by atoms with E-state index in [0.717, 1.165) is 0 Å². The molecule has 2 aliphatic rings. The fourth-order valence-electron chi connectivity index (χ4n) is 3.59. The Bertz CT molecular complexity index is 543. The molecule has 0 radical (unpaired) electrons. The summed E-state index contributed by atoms with van der Waals surface area (Å²) >= 11 is 0. The van der Waals surface area contributed by atoms with Gasteiger partial charge in [-0.3, -0.25) is 4.79 Å². The lowest BCUT2D eigenvalue weighted by Gasteiger charge is -2.25. The Morgan fingerprint density at radius 3 is 2.68 bits per heavy atom. The molecule has 3 heteroatoms. The predicted molar refractivity (Wildman–Crippen MR) is 86.4 cm³/mol. The fourth-order valence-corrected chi connectivity index (χ4v) is 3.59. The lowest BCUT2D eigenvalue weighted by Crippen LogP contribution is -2.31. The number of rotatable bonds is 3. The molecule has 3 rings (SSSR count). The summed E-state index contributed by atoms with van der Waals surface area (Å²) < 4.78 is 5.28. The van der Waals surface area contributed by atoms with E-state index in [9.17, 15) is 9.90 Å². The molecule has 118 valence electrons. The number of carbonyl (C=O) groups excluding carboxylic acids is 1. The molecule has 1 heterocycles. The van der Waals surface area contributed by atoms with E-state index in [1.807, 2.05) is 12.1 Å². The van der Waals surface area contributed by atoms with Crippen LogP contribution in [0.3, 0.4) is 0 Å². The molecule has 0 spiro atoms. The second-order valence-electron chi connectivity index (χ2n) is 6.44. The van der Waals surface area contributed by atoms with E-state index in [4.69, 9.17) is 4.74 Å². The van der Waals surface area contributed by atoms with Gasteiger partial charge < -0.3 is 9.84 Å². The smallest absolute Gasteiger partial charge is 0.309 e. The van der Waals surface area contributed by atoms with Gasteiger partial charge in [0.1, 0.15) is 6.10 Å². The number of carbonyl (C=O) groups is 1. The summed E-state index contributed by atoms with van der Waals surface area (Å²) in [5, 5.41) is 9.67. The molecule has 2 fully saturated rings. The molecule has 3 nitrogen and oxygen atoms in total. The van der Waals surface area contributed by atoms with Crippen LogP contribution in [-0.4, -0.2) is 23.3 Å². The monoisotopic (exact) mass is 300 g/mol. The van der Waals surface area contributed by atoms with Crippen molar-refractivity contribution in [2.75, 3.05) is 0 Å². The highest BCUT2D eigenvalue weighted by atomic mass is 16.5. The summed E-state index contributed by atoms with van der Waals surface area (Å²) in [5.74, 6) is 0.336. The Morgan fingerprint density at radius 2 is 1.91 bits per heavy atom. The minimum atomic E-state index is -0.579. The average Bonchev–Trinajstić information content (AvgIpc) is 2.53. The van der Waals surface area contributed by atoms with Gasteiger partial charge >= 0.3 is 5.97 Å². The molecule has 0 bridgehead atoms. The summed E-state index contributed by atoms with van der Waals surface area (Å²) in [7, 11) is 0. The predicted octanol–water partition coefficient (Wildman–Crippen LogP) is 3.81. The van der Waals surface area contributed by atoms with Gasteiger partial charge in [-0.1, -0.05) is 49.6 Å². The van der Waals surface area contributed by atoms with E-state index in [0.29, 0.717) is 12.3 Å². The molecule has 22 heavy (non-hydrogen) atoms. The first kappa shape index (κ1) is 15.3.